The van der Waals surface area contributed by atoms with Gasteiger partial charge in [0.05, 0.1) is 17.2 Å². The summed E-state index contributed by atoms with van der Waals surface area (Å²) >= 11 is 1.47. The topological polar surface area (TPSA) is 142 Å². The van der Waals surface area contributed by atoms with Crippen LogP contribution >= 0.6 is 11.3 Å². The highest BCUT2D eigenvalue weighted by Gasteiger charge is 2.31. The summed E-state index contributed by atoms with van der Waals surface area (Å²) in [5.41, 5.74) is 1.35. The number of ether oxygens (including phenoxy) is 1. The lowest BCUT2D eigenvalue weighted by Gasteiger charge is -2.35. The average Bonchev–Trinajstić information content (AvgIpc) is 3.50. The third-order valence-electron chi connectivity index (χ3n) is 6.13. The summed E-state index contributed by atoms with van der Waals surface area (Å²) in [5, 5.41) is 13.9. The predicted octanol–water partition coefficient (Wildman–Crippen LogP) is 3.14. The van der Waals surface area contributed by atoms with Gasteiger partial charge in [0.1, 0.15) is 11.7 Å². The van der Waals surface area contributed by atoms with Crippen molar-refractivity contribution in [3.8, 4) is 22.0 Å². The van der Waals surface area contributed by atoms with Crippen molar-refractivity contribution >= 4 is 35.2 Å². The number of rotatable bonds is 9. The summed E-state index contributed by atoms with van der Waals surface area (Å²) in [6.45, 7) is 3.01. The minimum Gasteiger partial charge on any atom is -0.481 e. The van der Waals surface area contributed by atoms with E-state index in [1.807, 2.05) is 47.8 Å². The van der Waals surface area contributed by atoms with Crippen LogP contribution in [0.1, 0.15) is 30.3 Å². The Labute approximate surface area is 229 Å². The molecule has 3 heterocycles. The maximum atomic E-state index is 13.4. The third kappa shape index (κ3) is 7.17. The number of nitrogens with zero attached hydrogens (tertiary/aromatic N) is 4. The molecular weight excluding hydrogens is 522 g/mol. The Morgan fingerprint density at radius 3 is 2.38 bits per heavy atom. The van der Waals surface area contributed by atoms with E-state index < -0.39 is 29.9 Å². The summed E-state index contributed by atoms with van der Waals surface area (Å²) in [6.07, 6.45) is -0.842. The number of benzene rings is 1. The van der Waals surface area contributed by atoms with Gasteiger partial charge in [0.2, 0.25) is 5.91 Å². The van der Waals surface area contributed by atoms with Crippen LogP contribution < -0.4 is 5.32 Å². The molecule has 1 aliphatic rings. The summed E-state index contributed by atoms with van der Waals surface area (Å²) in [7, 11) is 0. The van der Waals surface area contributed by atoms with Crippen molar-refractivity contribution in [2.45, 2.75) is 25.8 Å². The van der Waals surface area contributed by atoms with Crippen molar-refractivity contribution in [3.63, 3.8) is 0 Å². The molecule has 0 spiro atoms. The number of piperazine rings is 1. The first-order valence-electron chi connectivity index (χ1n) is 12.6. The van der Waals surface area contributed by atoms with Crippen LogP contribution in [0.15, 0.2) is 53.9 Å². The Bertz CT molecular complexity index is 1310. The van der Waals surface area contributed by atoms with Crippen molar-refractivity contribution in [1.82, 2.24) is 25.1 Å². The number of hydrogen-bond donors (Lipinski definition) is 2. The highest BCUT2D eigenvalue weighted by molar-refractivity contribution is 7.13. The maximum Gasteiger partial charge on any atom is 0.409 e. The maximum absolute atomic E-state index is 13.4. The predicted molar refractivity (Wildman–Crippen MR) is 144 cm³/mol. The van der Waals surface area contributed by atoms with E-state index in [4.69, 9.17) is 4.74 Å². The normalized spacial score (nSPS) is 14.0. The lowest BCUT2D eigenvalue weighted by atomic mass is 10.1. The van der Waals surface area contributed by atoms with E-state index in [2.05, 4.69) is 15.3 Å². The van der Waals surface area contributed by atoms with Gasteiger partial charge in [-0.25, -0.2) is 14.8 Å². The van der Waals surface area contributed by atoms with E-state index in [-0.39, 0.29) is 51.3 Å². The van der Waals surface area contributed by atoms with Crippen LogP contribution in [0.5, 0.6) is 0 Å². The van der Waals surface area contributed by atoms with E-state index in [9.17, 15) is 24.3 Å². The number of thiophene rings is 1. The highest BCUT2D eigenvalue weighted by Crippen LogP contribution is 2.26. The molecular formula is C27H29N5O6S. The number of aliphatic carboxylic acids is 1. The summed E-state index contributed by atoms with van der Waals surface area (Å²) < 4.78 is 5.02. The quantitative estimate of drug-likeness (QED) is 0.413. The smallest absolute Gasteiger partial charge is 0.409 e. The molecule has 1 saturated heterocycles. The van der Waals surface area contributed by atoms with Crippen LogP contribution in [0.25, 0.3) is 22.0 Å². The molecule has 11 nitrogen and oxygen atoms in total. The molecule has 1 aliphatic heterocycles. The fourth-order valence-corrected chi connectivity index (χ4v) is 4.82. The van der Waals surface area contributed by atoms with E-state index in [1.165, 1.54) is 21.1 Å². The van der Waals surface area contributed by atoms with Gasteiger partial charge in [0, 0.05) is 38.2 Å². The van der Waals surface area contributed by atoms with Gasteiger partial charge in [-0.3, -0.25) is 14.4 Å². The minimum absolute atomic E-state index is 0.0625. The van der Waals surface area contributed by atoms with E-state index in [1.54, 1.807) is 13.0 Å². The molecule has 204 valence electrons. The Hall–Kier alpha value is -4.32. The van der Waals surface area contributed by atoms with Gasteiger partial charge in [-0.15, -0.1) is 11.3 Å². The van der Waals surface area contributed by atoms with Crippen LogP contribution in [0.2, 0.25) is 0 Å². The molecule has 0 saturated carbocycles. The number of carboxylic acids is 1. The second-order valence-corrected chi connectivity index (χ2v) is 9.72. The Balaban J connectivity index is 1.55. The Morgan fingerprint density at radius 1 is 1.03 bits per heavy atom. The van der Waals surface area contributed by atoms with Gasteiger partial charge in [0.15, 0.2) is 5.82 Å². The SMILES string of the molecule is CCOC(=O)N1CCN(C(=O)[C@H](CCC(=O)O)NC(=O)c2cc(-c3cccs3)nc(-c3ccccc3)n2)CC1. The van der Waals surface area contributed by atoms with E-state index >= 15 is 0 Å². The zero-order valence-electron chi connectivity index (χ0n) is 21.4. The Kier molecular flexibility index (Phi) is 9.21. The number of carbonyl (C=O) groups is 4. The number of hydrogen-bond acceptors (Lipinski definition) is 8. The van der Waals surface area contributed by atoms with Crippen LogP contribution in [0.3, 0.4) is 0 Å². The molecule has 4 rings (SSSR count). The standard InChI is InChI=1S/C27H29N5O6S/c1-2-38-27(37)32-14-12-31(13-15-32)26(36)19(10-11-23(33)34)30-25(35)21-17-20(22-9-6-16-39-22)28-24(29-21)18-7-4-3-5-8-18/h3-9,16-17,19H,2,10-15H2,1H3,(H,30,35)(H,33,34)/t19-/m0/s1. The number of nitrogens with one attached hydrogen (secondary N) is 1. The number of carbonyl (C=O) groups excluding carboxylic acids is 3. The van der Waals surface area contributed by atoms with E-state index in [0.717, 1.165) is 10.4 Å². The molecule has 0 radical (unpaired) electrons. The van der Waals surface area contributed by atoms with Gasteiger partial charge in [-0.2, -0.15) is 0 Å². The molecule has 1 fully saturated rings. The van der Waals surface area contributed by atoms with Gasteiger partial charge in [0.25, 0.3) is 5.91 Å². The molecule has 1 atom stereocenters. The number of carboxylic acid groups (broad SMARTS) is 1. The van der Waals surface area contributed by atoms with Gasteiger partial charge >= 0.3 is 12.1 Å². The van der Waals surface area contributed by atoms with Crippen LogP contribution in [0.4, 0.5) is 4.79 Å². The van der Waals surface area contributed by atoms with Gasteiger partial charge < -0.3 is 25.0 Å². The van der Waals surface area contributed by atoms with Gasteiger partial charge in [-0.05, 0) is 30.9 Å². The van der Waals surface area contributed by atoms with Crippen molar-refractivity contribution < 1.29 is 29.0 Å². The largest absolute Gasteiger partial charge is 0.481 e. The van der Waals surface area contributed by atoms with Crippen LogP contribution in [-0.4, -0.2) is 87.6 Å². The van der Waals surface area contributed by atoms with Crippen LogP contribution in [-0.2, 0) is 14.3 Å². The first-order valence-corrected chi connectivity index (χ1v) is 13.4. The zero-order valence-corrected chi connectivity index (χ0v) is 22.2. The molecule has 3 amide bonds. The monoisotopic (exact) mass is 551 g/mol. The first-order chi connectivity index (χ1) is 18.9. The van der Waals surface area contributed by atoms with Crippen molar-refractivity contribution in [3.05, 3.63) is 59.6 Å². The highest BCUT2D eigenvalue weighted by atomic mass is 32.1. The lowest BCUT2D eigenvalue weighted by molar-refractivity contribution is -0.138. The molecule has 1 aromatic carbocycles. The number of amides is 3. The molecule has 2 aromatic heterocycles. The zero-order chi connectivity index (χ0) is 27.8. The fourth-order valence-electron chi connectivity index (χ4n) is 4.13. The molecule has 39 heavy (non-hydrogen) atoms. The molecule has 0 unspecified atom stereocenters. The summed E-state index contributed by atoms with van der Waals surface area (Å²) in [6, 6.07) is 13.5. The fraction of sp³-hybridized carbons (Fsp3) is 0.333. The third-order valence-corrected chi connectivity index (χ3v) is 7.02. The van der Waals surface area contributed by atoms with Gasteiger partial charge in [-0.1, -0.05) is 36.4 Å². The molecule has 2 N–H and O–H groups in total. The molecule has 0 aliphatic carbocycles. The number of aromatic nitrogens is 2. The van der Waals surface area contributed by atoms with Crippen molar-refractivity contribution in [1.29, 1.82) is 0 Å². The minimum atomic E-state index is -1.08. The van der Waals surface area contributed by atoms with Crippen molar-refractivity contribution in [2.24, 2.45) is 0 Å². The molecule has 3 aromatic rings. The summed E-state index contributed by atoms with van der Waals surface area (Å²) in [4.78, 5) is 63.1. The summed E-state index contributed by atoms with van der Waals surface area (Å²) in [5.74, 6) is -1.75. The van der Waals surface area contributed by atoms with Crippen molar-refractivity contribution in [2.75, 3.05) is 32.8 Å². The second kappa shape index (κ2) is 13.0. The first kappa shape index (κ1) is 27.7. The average molecular weight is 552 g/mol. The Morgan fingerprint density at radius 2 is 1.74 bits per heavy atom. The van der Waals surface area contributed by atoms with E-state index in [0.29, 0.717) is 11.5 Å². The van der Waals surface area contributed by atoms with Crippen LogP contribution in [0, 0.1) is 0 Å². The second-order valence-electron chi connectivity index (χ2n) is 8.78. The molecule has 0 bridgehead atoms. The molecule has 12 heteroatoms. The lowest BCUT2D eigenvalue weighted by Crippen LogP contribution is -2.56.